The van der Waals surface area contributed by atoms with Crippen LogP contribution < -0.4 is 15.0 Å². The summed E-state index contributed by atoms with van der Waals surface area (Å²) in [6.07, 6.45) is 0. The Morgan fingerprint density at radius 3 is 1.17 bits per heavy atom. The maximum atomic E-state index is 2.53. The third kappa shape index (κ3) is 6.43. The molecule has 60 heavy (non-hydrogen) atoms. The Labute approximate surface area is 355 Å². The summed E-state index contributed by atoms with van der Waals surface area (Å²) in [6.45, 7) is 11.9. The van der Waals surface area contributed by atoms with Crippen molar-refractivity contribution in [3.63, 3.8) is 0 Å². The average molecular weight is 789 g/mol. The molecule has 0 N–H and O–H groups in total. The Bertz CT molecular complexity index is 2930. The Morgan fingerprint density at radius 2 is 0.767 bits per heavy atom. The number of anilines is 6. The van der Waals surface area contributed by atoms with Gasteiger partial charge in [-0.1, -0.05) is 195 Å². The Morgan fingerprint density at radius 1 is 0.367 bits per heavy atom. The van der Waals surface area contributed by atoms with E-state index in [1.807, 2.05) is 0 Å². The second-order valence-electron chi connectivity index (χ2n) is 17.1. The van der Waals surface area contributed by atoms with Gasteiger partial charge in [0.25, 0.3) is 0 Å². The number of rotatable bonds is 9. The van der Waals surface area contributed by atoms with Gasteiger partial charge in [0.15, 0.2) is 0 Å². The van der Waals surface area contributed by atoms with Gasteiger partial charge in [0, 0.05) is 38.7 Å². The van der Waals surface area contributed by atoms with Gasteiger partial charge in [-0.3, -0.25) is 0 Å². The molecule has 0 saturated heterocycles. The zero-order valence-electron chi connectivity index (χ0n) is 34.9. The van der Waals surface area contributed by atoms with Crippen molar-refractivity contribution in [1.29, 1.82) is 0 Å². The number of hydrogen-bond donors (Lipinski definition) is 0. The third-order valence-electron chi connectivity index (χ3n) is 12.1. The first-order valence-corrected chi connectivity index (χ1v) is 24.5. The second-order valence-corrected chi connectivity index (χ2v) is 22.2. The van der Waals surface area contributed by atoms with Crippen LogP contribution in [0, 0.1) is 13.8 Å². The van der Waals surface area contributed by atoms with Gasteiger partial charge in [-0.25, -0.2) is 0 Å². The first-order valence-electron chi connectivity index (χ1n) is 21.0. The topological polar surface area (TPSA) is 6.48 Å². The van der Waals surface area contributed by atoms with Crippen LogP contribution in [0.1, 0.15) is 11.1 Å². The van der Waals surface area contributed by atoms with E-state index in [1.165, 1.54) is 82.3 Å². The van der Waals surface area contributed by atoms with Gasteiger partial charge in [0.1, 0.15) is 0 Å². The highest BCUT2D eigenvalue weighted by Gasteiger charge is 2.29. The highest BCUT2D eigenvalue weighted by molar-refractivity contribution is 6.89. The molecule has 0 atom stereocenters. The van der Waals surface area contributed by atoms with Crippen molar-refractivity contribution < 1.29 is 0 Å². The van der Waals surface area contributed by atoms with E-state index < -0.39 is 8.07 Å². The fourth-order valence-corrected chi connectivity index (χ4v) is 10.4. The quantitative estimate of drug-likeness (QED) is 0.106. The number of para-hydroxylation sites is 4. The monoisotopic (exact) mass is 788 g/mol. The second kappa shape index (κ2) is 15.0. The molecule has 0 aliphatic heterocycles. The van der Waals surface area contributed by atoms with Crippen LogP contribution in [-0.4, -0.2) is 8.07 Å². The van der Waals surface area contributed by atoms with Gasteiger partial charge in [0.05, 0.1) is 30.8 Å². The van der Waals surface area contributed by atoms with Crippen molar-refractivity contribution >= 4 is 79.7 Å². The van der Waals surface area contributed by atoms with Crippen molar-refractivity contribution in [2.75, 3.05) is 9.80 Å². The van der Waals surface area contributed by atoms with E-state index in [1.54, 1.807) is 0 Å². The van der Waals surface area contributed by atoms with Crippen molar-refractivity contribution in [2.24, 2.45) is 0 Å². The summed E-state index contributed by atoms with van der Waals surface area (Å²) in [5, 5.41) is 9.12. The minimum atomic E-state index is -1.62. The molecular formula is C57H48N2Si. The largest absolute Gasteiger partial charge is 0.309 e. The zero-order valence-corrected chi connectivity index (χ0v) is 35.9. The van der Waals surface area contributed by atoms with Crippen LogP contribution in [0.5, 0.6) is 0 Å². The molecule has 0 amide bonds. The first kappa shape index (κ1) is 37.3. The van der Waals surface area contributed by atoms with Gasteiger partial charge in [-0.15, -0.1) is 0 Å². The minimum absolute atomic E-state index is 1.11. The highest BCUT2D eigenvalue weighted by Crippen LogP contribution is 2.53. The lowest BCUT2D eigenvalue weighted by atomic mass is 9.90. The third-order valence-corrected chi connectivity index (χ3v) is 14.2. The van der Waals surface area contributed by atoms with E-state index in [2.05, 4.69) is 243 Å². The van der Waals surface area contributed by atoms with Crippen molar-refractivity contribution in [1.82, 2.24) is 0 Å². The Kier molecular flexibility index (Phi) is 9.35. The highest BCUT2D eigenvalue weighted by atomic mass is 28.3. The molecule has 10 rings (SSSR count). The van der Waals surface area contributed by atoms with Gasteiger partial charge in [0.2, 0.25) is 0 Å². The lowest BCUT2D eigenvalue weighted by Crippen LogP contribution is -2.37. The summed E-state index contributed by atoms with van der Waals surface area (Å²) in [4.78, 5) is 5.05. The van der Waals surface area contributed by atoms with Crippen LogP contribution >= 0.6 is 0 Å². The summed E-state index contributed by atoms with van der Waals surface area (Å²) >= 11 is 0. The lowest BCUT2D eigenvalue weighted by Gasteiger charge is -2.35. The standard InChI is InChI=1S/C57H48N2Si/c1-39-20-18-30-48(41-22-10-6-11-23-41)56(39)58(45-26-14-8-15-27-45)52-38-53(51-35-33-44-37-47(60(3,4)5)36-43-32-34-50(52)55(51)54(43)44)59(46-28-16-9-17-29-46)57-40(2)21-19-31-49(57)42-24-12-7-13-25-42/h6-38H,1-5H3. The molecule has 0 saturated carbocycles. The summed E-state index contributed by atoms with van der Waals surface area (Å²) in [7, 11) is -1.62. The summed E-state index contributed by atoms with van der Waals surface area (Å²) in [5.41, 5.74) is 14.0. The molecule has 0 unspecified atom stereocenters. The summed E-state index contributed by atoms with van der Waals surface area (Å²) in [6, 6.07) is 74.0. The number of nitrogens with zero attached hydrogens (tertiary/aromatic N) is 2. The fraction of sp³-hybridized carbons (Fsp3) is 0.0877. The normalized spacial score (nSPS) is 11.8. The molecule has 10 aromatic rings. The maximum absolute atomic E-state index is 2.53. The molecule has 0 aliphatic carbocycles. The van der Waals surface area contributed by atoms with Crippen LogP contribution in [0.3, 0.4) is 0 Å². The minimum Gasteiger partial charge on any atom is -0.309 e. The first-order chi connectivity index (χ1) is 29.3. The molecule has 0 heterocycles. The maximum Gasteiger partial charge on any atom is 0.0776 e. The summed E-state index contributed by atoms with van der Waals surface area (Å²) < 4.78 is 0. The molecule has 0 aromatic heterocycles. The van der Waals surface area contributed by atoms with E-state index in [0.29, 0.717) is 0 Å². The van der Waals surface area contributed by atoms with Crippen LogP contribution in [-0.2, 0) is 0 Å². The van der Waals surface area contributed by atoms with Gasteiger partial charge >= 0.3 is 0 Å². The SMILES string of the molecule is Cc1cccc(-c2ccccc2)c1N(c1ccccc1)c1cc(N(c2ccccc2)c2c(C)cccc2-c2ccccc2)c2ccc3cc([Si](C)(C)C)cc4ccc1c2c43. The molecule has 0 fully saturated rings. The number of aryl methyl sites for hydroxylation is 2. The van der Waals surface area contributed by atoms with Crippen LogP contribution in [0.2, 0.25) is 19.6 Å². The molecule has 290 valence electrons. The van der Waals surface area contributed by atoms with Crippen molar-refractivity contribution in [3.05, 3.63) is 211 Å². The predicted molar refractivity (Wildman–Crippen MR) is 263 cm³/mol. The van der Waals surface area contributed by atoms with Crippen molar-refractivity contribution in [3.8, 4) is 22.3 Å². The molecular weight excluding hydrogens is 741 g/mol. The molecule has 10 aromatic carbocycles. The van der Waals surface area contributed by atoms with E-state index in [9.17, 15) is 0 Å². The molecule has 0 radical (unpaired) electrons. The van der Waals surface area contributed by atoms with Crippen LogP contribution in [0.15, 0.2) is 200 Å². The Balaban J connectivity index is 1.39. The number of benzene rings is 10. The van der Waals surface area contributed by atoms with E-state index in [4.69, 9.17) is 0 Å². The van der Waals surface area contributed by atoms with Crippen LogP contribution in [0.25, 0.3) is 54.6 Å². The van der Waals surface area contributed by atoms with Crippen LogP contribution in [0.4, 0.5) is 34.1 Å². The zero-order chi connectivity index (χ0) is 41.0. The van der Waals surface area contributed by atoms with Crippen molar-refractivity contribution in [2.45, 2.75) is 33.5 Å². The van der Waals surface area contributed by atoms with E-state index >= 15 is 0 Å². The average Bonchev–Trinajstić information content (AvgIpc) is 3.28. The van der Waals surface area contributed by atoms with Gasteiger partial charge in [-0.2, -0.15) is 0 Å². The Hall–Kier alpha value is -6.94. The smallest absolute Gasteiger partial charge is 0.0776 e. The van der Waals surface area contributed by atoms with E-state index in [-0.39, 0.29) is 0 Å². The fourth-order valence-electron chi connectivity index (χ4n) is 9.23. The van der Waals surface area contributed by atoms with Gasteiger partial charge < -0.3 is 9.80 Å². The summed E-state index contributed by atoms with van der Waals surface area (Å²) in [5.74, 6) is 0. The molecule has 2 nitrogen and oxygen atoms in total. The van der Waals surface area contributed by atoms with E-state index in [0.717, 1.165) is 22.7 Å². The molecule has 0 bridgehead atoms. The molecule has 0 aliphatic rings. The lowest BCUT2D eigenvalue weighted by molar-refractivity contribution is 1.24. The molecule has 3 heteroatoms. The van der Waals surface area contributed by atoms with Gasteiger partial charge in [-0.05, 0) is 82.6 Å². The predicted octanol–water partition coefficient (Wildman–Crippen LogP) is 16.0. The molecule has 0 spiro atoms. The number of hydrogen-bond acceptors (Lipinski definition) is 2.